The first-order valence-corrected chi connectivity index (χ1v) is 7.75. The van der Waals surface area contributed by atoms with Crippen molar-refractivity contribution < 1.29 is 9.53 Å². The third kappa shape index (κ3) is 4.05. The molecule has 116 valence electrons. The molecule has 1 aromatic carbocycles. The monoisotopic (exact) mass is 290 g/mol. The van der Waals surface area contributed by atoms with Gasteiger partial charge in [-0.05, 0) is 51.5 Å². The van der Waals surface area contributed by atoms with E-state index in [4.69, 9.17) is 4.74 Å². The van der Waals surface area contributed by atoms with E-state index >= 15 is 0 Å². The van der Waals surface area contributed by atoms with E-state index in [1.165, 1.54) is 0 Å². The van der Waals surface area contributed by atoms with Crippen LogP contribution in [0, 0.1) is 6.92 Å². The molecule has 1 aromatic rings. The number of ketones is 1. The summed E-state index contributed by atoms with van der Waals surface area (Å²) in [6, 6.07) is 5.68. The van der Waals surface area contributed by atoms with E-state index in [9.17, 15) is 4.79 Å². The van der Waals surface area contributed by atoms with E-state index in [-0.39, 0.29) is 17.9 Å². The Morgan fingerprint density at radius 1 is 1.24 bits per heavy atom. The summed E-state index contributed by atoms with van der Waals surface area (Å²) in [5.74, 6) is 1.03. The van der Waals surface area contributed by atoms with Gasteiger partial charge in [-0.15, -0.1) is 0 Å². The molecule has 0 saturated carbocycles. The molecule has 4 heteroatoms. The molecule has 0 aliphatic carbocycles. The molecule has 1 atom stereocenters. The number of ether oxygens (including phenoxy) is 1. The molecular formula is C17H26N2O2. The van der Waals surface area contributed by atoms with Gasteiger partial charge in [0.15, 0.2) is 5.78 Å². The van der Waals surface area contributed by atoms with Gasteiger partial charge in [-0.3, -0.25) is 9.69 Å². The number of rotatable bonds is 5. The van der Waals surface area contributed by atoms with Gasteiger partial charge in [0, 0.05) is 31.7 Å². The number of carbonyl (C=O) groups is 1. The molecule has 0 aromatic heterocycles. The molecule has 0 spiro atoms. The van der Waals surface area contributed by atoms with Crippen molar-refractivity contribution in [2.75, 3.05) is 26.2 Å². The lowest BCUT2D eigenvalue weighted by molar-refractivity contribution is 0.0819. The maximum atomic E-state index is 12.7. The largest absolute Gasteiger partial charge is 0.491 e. The second-order valence-corrected chi connectivity index (χ2v) is 5.97. The second kappa shape index (κ2) is 7.05. The van der Waals surface area contributed by atoms with Gasteiger partial charge in [0.25, 0.3) is 0 Å². The topological polar surface area (TPSA) is 41.6 Å². The van der Waals surface area contributed by atoms with Crippen molar-refractivity contribution in [2.24, 2.45) is 0 Å². The molecule has 1 heterocycles. The summed E-state index contributed by atoms with van der Waals surface area (Å²) in [4.78, 5) is 14.9. The molecule has 0 radical (unpaired) electrons. The van der Waals surface area contributed by atoms with E-state index in [1.54, 1.807) is 0 Å². The van der Waals surface area contributed by atoms with E-state index in [2.05, 4.69) is 10.2 Å². The van der Waals surface area contributed by atoms with Crippen molar-refractivity contribution in [1.29, 1.82) is 0 Å². The molecule has 1 aliphatic rings. The molecule has 0 bridgehead atoms. The third-order valence-corrected chi connectivity index (χ3v) is 3.91. The van der Waals surface area contributed by atoms with Crippen molar-refractivity contribution >= 4 is 5.78 Å². The number of Topliss-reactive ketones (excluding diaryl/α,β-unsaturated/α-hetero) is 1. The summed E-state index contributed by atoms with van der Waals surface area (Å²) in [6.45, 7) is 11.8. The fraction of sp³-hybridized carbons (Fsp3) is 0.588. The van der Waals surface area contributed by atoms with Gasteiger partial charge >= 0.3 is 0 Å². The van der Waals surface area contributed by atoms with Crippen molar-refractivity contribution in [3.63, 3.8) is 0 Å². The molecule has 2 rings (SSSR count). The zero-order valence-electron chi connectivity index (χ0n) is 13.5. The van der Waals surface area contributed by atoms with Crippen LogP contribution >= 0.6 is 0 Å². The molecular weight excluding hydrogens is 264 g/mol. The Morgan fingerprint density at radius 3 is 2.48 bits per heavy atom. The number of carbonyl (C=O) groups excluding carboxylic acids is 1. The highest BCUT2D eigenvalue weighted by Gasteiger charge is 2.24. The van der Waals surface area contributed by atoms with Crippen LogP contribution in [0.3, 0.4) is 0 Å². The van der Waals surface area contributed by atoms with Crippen LogP contribution in [0.5, 0.6) is 5.75 Å². The maximum absolute atomic E-state index is 12.7. The van der Waals surface area contributed by atoms with Gasteiger partial charge in [0.1, 0.15) is 5.75 Å². The first-order valence-electron chi connectivity index (χ1n) is 7.75. The van der Waals surface area contributed by atoms with Crippen LogP contribution in [0.2, 0.25) is 0 Å². The Hall–Kier alpha value is -1.39. The Labute approximate surface area is 127 Å². The minimum Gasteiger partial charge on any atom is -0.491 e. The van der Waals surface area contributed by atoms with Gasteiger partial charge in [-0.1, -0.05) is 0 Å². The highest BCUT2D eigenvalue weighted by atomic mass is 16.5. The highest BCUT2D eigenvalue weighted by molar-refractivity contribution is 6.01. The minimum atomic E-state index is -0.0670. The average Bonchev–Trinajstić information content (AvgIpc) is 2.46. The predicted molar refractivity (Wildman–Crippen MR) is 85.2 cm³/mol. The summed E-state index contributed by atoms with van der Waals surface area (Å²) in [5, 5.41) is 3.32. The first-order chi connectivity index (χ1) is 9.99. The van der Waals surface area contributed by atoms with Crippen molar-refractivity contribution in [3.05, 3.63) is 29.3 Å². The molecule has 1 saturated heterocycles. The normalized spacial score (nSPS) is 17.8. The number of piperazine rings is 1. The van der Waals surface area contributed by atoms with E-state index < -0.39 is 0 Å². The van der Waals surface area contributed by atoms with E-state index in [0.29, 0.717) is 0 Å². The molecule has 1 fully saturated rings. The zero-order chi connectivity index (χ0) is 15.4. The summed E-state index contributed by atoms with van der Waals surface area (Å²) >= 11 is 0. The lowest BCUT2D eigenvalue weighted by Crippen LogP contribution is -2.50. The maximum Gasteiger partial charge on any atom is 0.179 e. The van der Waals surface area contributed by atoms with Crippen molar-refractivity contribution in [1.82, 2.24) is 10.2 Å². The molecule has 0 amide bonds. The second-order valence-electron chi connectivity index (χ2n) is 5.97. The standard InChI is InChI=1S/C17H26N2O2/c1-12(2)21-15-5-6-16(13(3)11-15)17(20)14(4)19-9-7-18-8-10-19/h5-6,11-12,14,18H,7-10H2,1-4H3. The van der Waals surface area contributed by atoms with Crippen LogP contribution in [0.1, 0.15) is 36.7 Å². The fourth-order valence-electron chi connectivity index (χ4n) is 2.72. The average molecular weight is 290 g/mol. The predicted octanol–water partition coefficient (Wildman–Crippen LogP) is 2.26. The number of nitrogens with zero attached hydrogens (tertiary/aromatic N) is 1. The Balaban J connectivity index is 2.11. The minimum absolute atomic E-state index is 0.0670. The van der Waals surface area contributed by atoms with Gasteiger partial charge in [0.05, 0.1) is 12.1 Å². The highest BCUT2D eigenvalue weighted by Crippen LogP contribution is 2.21. The Kier molecular flexibility index (Phi) is 5.37. The van der Waals surface area contributed by atoms with Crippen LogP contribution in [0.25, 0.3) is 0 Å². The van der Waals surface area contributed by atoms with Gasteiger partial charge in [-0.25, -0.2) is 0 Å². The zero-order valence-corrected chi connectivity index (χ0v) is 13.5. The van der Waals surface area contributed by atoms with Crippen LogP contribution in [-0.4, -0.2) is 49.0 Å². The van der Waals surface area contributed by atoms with Crippen molar-refractivity contribution in [2.45, 2.75) is 39.8 Å². The summed E-state index contributed by atoms with van der Waals surface area (Å²) < 4.78 is 5.68. The number of hydrogen-bond acceptors (Lipinski definition) is 4. The fourth-order valence-corrected chi connectivity index (χ4v) is 2.72. The third-order valence-electron chi connectivity index (χ3n) is 3.91. The van der Waals surface area contributed by atoms with Crippen LogP contribution in [-0.2, 0) is 0 Å². The number of benzene rings is 1. The first kappa shape index (κ1) is 16.0. The number of hydrogen-bond donors (Lipinski definition) is 1. The lowest BCUT2D eigenvalue weighted by atomic mass is 9.99. The SMILES string of the molecule is Cc1cc(OC(C)C)ccc1C(=O)C(C)N1CCNCC1. The van der Waals surface area contributed by atoms with Crippen LogP contribution in [0.4, 0.5) is 0 Å². The molecule has 1 unspecified atom stereocenters. The summed E-state index contributed by atoms with van der Waals surface area (Å²) in [5.41, 5.74) is 1.79. The summed E-state index contributed by atoms with van der Waals surface area (Å²) in [7, 11) is 0. The van der Waals surface area contributed by atoms with Crippen LogP contribution < -0.4 is 10.1 Å². The number of nitrogens with one attached hydrogen (secondary N) is 1. The Morgan fingerprint density at radius 2 is 1.90 bits per heavy atom. The lowest BCUT2D eigenvalue weighted by Gasteiger charge is -2.32. The molecule has 21 heavy (non-hydrogen) atoms. The van der Waals surface area contributed by atoms with Gasteiger partial charge < -0.3 is 10.1 Å². The van der Waals surface area contributed by atoms with E-state index in [0.717, 1.165) is 43.1 Å². The van der Waals surface area contributed by atoms with Gasteiger partial charge in [0.2, 0.25) is 0 Å². The Bertz CT molecular complexity index is 494. The quantitative estimate of drug-likeness (QED) is 0.845. The van der Waals surface area contributed by atoms with Gasteiger partial charge in [-0.2, -0.15) is 0 Å². The van der Waals surface area contributed by atoms with E-state index in [1.807, 2.05) is 45.9 Å². The molecule has 1 aliphatic heterocycles. The number of aryl methyl sites for hydroxylation is 1. The smallest absolute Gasteiger partial charge is 0.179 e. The summed E-state index contributed by atoms with van der Waals surface area (Å²) in [6.07, 6.45) is 0.144. The molecule has 4 nitrogen and oxygen atoms in total. The van der Waals surface area contributed by atoms with Crippen LogP contribution in [0.15, 0.2) is 18.2 Å². The van der Waals surface area contributed by atoms with Crippen molar-refractivity contribution in [3.8, 4) is 5.75 Å². The molecule has 1 N–H and O–H groups in total.